The summed E-state index contributed by atoms with van der Waals surface area (Å²) in [6.45, 7) is 5.27. The van der Waals surface area contributed by atoms with Gasteiger partial charge < -0.3 is 15.2 Å². The zero-order chi connectivity index (χ0) is 18.4. The molecular formula is C20H23NO4. The van der Waals surface area contributed by atoms with E-state index in [0.29, 0.717) is 17.0 Å². The molecule has 2 N–H and O–H groups in total. The van der Waals surface area contributed by atoms with E-state index < -0.39 is 11.4 Å². The number of hydrogen-bond acceptors (Lipinski definition) is 3. The Morgan fingerprint density at radius 2 is 1.64 bits per heavy atom. The van der Waals surface area contributed by atoms with Gasteiger partial charge in [-0.2, -0.15) is 0 Å². The van der Waals surface area contributed by atoms with E-state index in [4.69, 9.17) is 4.74 Å². The number of aryl methyl sites for hydroxylation is 1. The van der Waals surface area contributed by atoms with Crippen molar-refractivity contribution in [2.45, 2.75) is 32.6 Å². The van der Waals surface area contributed by atoms with Gasteiger partial charge in [0, 0.05) is 5.69 Å². The molecule has 1 amide bonds. The molecule has 2 aromatic carbocycles. The standard InChI is InChI=1S/C20H23NO4/c1-4-14-5-11-17(12-6-14)25-13-18(22)21-16-9-7-15(8-10-16)20(2,3)19(23)24/h5-12H,4,13H2,1-3H3,(H,21,22)(H,23,24). The molecule has 2 aromatic rings. The molecule has 0 saturated carbocycles. The van der Waals surface area contributed by atoms with Crippen LogP contribution in [0.3, 0.4) is 0 Å². The van der Waals surface area contributed by atoms with Crippen LogP contribution in [-0.2, 0) is 21.4 Å². The van der Waals surface area contributed by atoms with Gasteiger partial charge in [0.2, 0.25) is 0 Å². The predicted molar refractivity (Wildman–Crippen MR) is 97.0 cm³/mol. The normalized spacial score (nSPS) is 11.0. The minimum atomic E-state index is -0.976. The molecule has 0 bridgehead atoms. The molecule has 0 unspecified atom stereocenters. The van der Waals surface area contributed by atoms with E-state index >= 15 is 0 Å². The lowest BCUT2D eigenvalue weighted by molar-refractivity contribution is -0.142. The highest BCUT2D eigenvalue weighted by Crippen LogP contribution is 2.24. The summed E-state index contributed by atoms with van der Waals surface area (Å²) in [6.07, 6.45) is 0.954. The number of carboxylic acid groups (broad SMARTS) is 1. The zero-order valence-electron chi connectivity index (χ0n) is 14.7. The smallest absolute Gasteiger partial charge is 0.313 e. The maximum atomic E-state index is 12.0. The SMILES string of the molecule is CCc1ccc(OCC(=O)Nc2ccc(C(C)(C)C(=O)O)cc2)cc1. The van der Waals surface area contributed by atoms with Crippen molar-refractivity contribution in [2.75, 3.05) is 11.9 Å². The van der Waals surface area contributed by atoms with E-state index in [9.17, 15) is 14.7 Å². The molecule has 0 aliphatic heterocycles. The van der Waals surface area contributed by atoms with Crippen LogP contribution in [0.15, 0.2) is 48.5 Å². The summed E-state index contributed by atoms with van der Waals surface area (Å²) in [7, 11) is 0. The quantitative estimate of drug-likeness (QED) is 0.806. The Morgan fingerprint density at radius 1 is 1.04 bits per heavy atom. The number of carboxylic acids is 1. The lowest BCUT2D eigenvalue weighted by Crippen LogP contribution is -2.28. The highest BCUT2D eigenvalue weighted by molar-refractivity contribution is 5.92. The Bertz CT molecular complexity index is 733. The van der Waals surface area contributed by atoms with E-state index in [0.717, 1.165) is 6.42 Å². The van der Waals surface area contributed by atoms with Gasteiger partial charge in [-0.15, -0.1) is 0 Å². The van der Waals surface area contributed by atoms with Crippen LogP contribution in [0, 0.1) is 0 Å². The second-order valence-electron chi connectivity index (χ2n) is 6.34. The molecule has 5 heteroatoms. The number of carbonyl (C=O) groups excluding carboxylic acids is 1. The summed E-state index contributed by atoms with van der Waals surface area (Å²) < 4.78 is 5.46. The number of nitrogens with one attached hydrogen (secondary N) is 1. The Kier molecular flexibility index (Phi) is 5.80. The number of carbonyl (C=O) groups is 2. The molecule has 0 aromatic heterocycles. The molecule has 0 radical (unpaired) electrons. The number of amides is 1. The van der Waals surface area contributed by atoms with Gasteiger partial charge in [0.25, 0.3) is 5.91 Å². The molecule has 0 aliphatic carbocycles. The molecule has 0 spiro atoms. The lowest BCUT2D eigenvalue weighted by Gasteiger charge is -2.19. The third-order valence-corrected chi connectivity index (χ3v) is 4.13. The number of rotatable bonds is 7. The van der Waals surface area contributed by atoms with Crippen LogP contribution in [0.25, 0.3) is 0 Å². The minimum Gasteiger partial charge on any atom is -0.484 e. The second-order valence-corrected chi connectivity index (χ2v) is 6.34. The van der Waals surface area contributed by atoms with E-state index in [1.54, 1.807) is 38.1 Å². The average molecular weight is 341 g/mol. The number of ether oxygens (including phenoxy) is 1. The van der Waals surface area contributed by atoms with Crippen LogP contribution < -0.4 is 10.1 Å². The van der Waals surface area contributed by atoms with Crippen LogP contribution in [0.1, 0.15) is 31.9 Å². The fraction of sp³-hybridized carbons (Fsp3) is 0.300. The third-order valence-electron chi connectivity index (χ3n) is 4.13. The zero-order valence-corrected chi connectivity index (χ0v) is 14.7. The van der Waals surface area contributed by atoms with Gasteiger partial charge in [-0.05, 0) is 55.7 Å². The molecule has 0 fully saturated rings. The third kappa shape index (κ3) is 4.83. The van der Waals surface area contributed by atoms with Crippen molar-refractivity contribution in [1.29, 1.82) is 0 Å². The van der Waals surface area contributed by atoms with Crippen molar-refractivity contribution < 1.29 is 19.4 Å². The summed E-state index contributed by atoms with van der Waals surface area (Å²) in [5.41, 5.74) is 1.50. The van der Waals surface area contributed by atoms with Gasteiger partial charge in [-0.1, -0.05) is 31.2 Å². The predicted octanol–water partition coefficient (Wildman–Crippen LogP) is 3.63. The van der Waals surface area contributed by atoms with Crippen molar-refractivity contribution in [3.05, 3.63) is 59.7 Å². The van der Waals surface area contributed by atoms with Gasteiger partial charge in [0.1, 0.15) is 5.75 Å². The molecule has 0 heterocycles. The summed E-state index contributed by atoms with van der Waals surface area (Å²) in [5, 5.41) is 12.0. The van der Waals surface area contributed by atoms with Gasteiger partial charge in [0.05, 0.1) is 5.41 Å². The van der Waals surface area contributed by atoms with Crippen LogP contribution in [0.4, 0.5) is 5.69 Å². The molecule has 0 atom stereocenters. The van der Waals surface area contributed by atoms with Crippen LogP contribution in [0.5, 0.6) is 5.75 Å². The first-order chi connectivity index (χ1) is 11.8. The number of hydrogen-bond donors (Lipinski definition) is 2. The van der Waals surface area contributed by atoms with Gasteiger partial charge in [0.15, 0.2) is 6.61 Å². The van der Waals surface area contributed by atoms with E-state index in [-0.39, 0.29) is 12.5 Å². The Balaban J connectivity index is 1.90. The molecule has 25 heavy (non-hydrogen) atoms. The van der Waals surface area contributed by atoms with Crippen molar-refractivity contribution in [1.82, 2.24) is 0 Å². The first-order valence-corrected chi connectivity index (χ1v) is 8.18. The highest BCUT2D eigenvalue weighted by atomic mass is 16.5. The largest absolute Gasteiger partial charge is 0.484 e. The van der Waals surface area contributed by atoms with Gasteiger partial charge in [-0.3, -0.25) is 9.59 Å². The van der Waals surface area contributed by atoms with Gasteiger partial charge >= 0.3 is 5.97 Å². The van der Waals surface area contributed by atoms with Crippen LogP contribution in [0.2, 0.25) is 0 Å². The molecule has 0 aliphatic rings. The highest BCUT2D eigenvalue weighted by Gasteiger charge is 2.29. The number of anilines is 1. The van der Waals surface area contributed by atoms with Crippen molar-refractivity contribution >= 4 is 17.6 Å². The number of aliphatic carboxylic acids is 1. The first-order valence-electron chi connectivity index (χ1n) is 8.18. The second kappa shape index (κ2) is 7.83. The van der Waals surface area contributed by atoms with Crippen molar-refractivity contribution in [3.8, 4) is 5.75 Å². The van der Waals surface area contributed by atoms with E-state index in [1.807, 2.05) is 24.3 Å². The molecule has 132 valence electrons. The maximum Gasteiger partial charge on any atom is 0.313 e. The Hall–Kier alpha value is -2.82. The molecular weight excluding hydrogens is 318 g/mol. The van der Waals surface area contributed by atoms with Gasteiger partial charge in [-0.25, -0.2) is 0 Å². The summed E-state index contributed by atoms with van der Waals surface area (Å²) in [6, 6.07) is 14.4. The van der Waals surface area contributed by atoms with Crippen LogP contribution >= 0.6 is 0 Å². The maximum absolute atomic E-state index is 12.0. The Labute approximate surface area is 147 Å². The van der Waals surface area contributed by atoms with E-state index in [2.05, 4.69) is 12.2 Å². The van der Waals surface area contributed by atoms with Crippen LogP contribution in [-0.4, -0.2) is 23.6 Å². The topological polar surface area (TPSA) is 75.6 Å². The lowest BCUT2D eigenvalue weighted by atomic mass is 9.85. The van der Waals surface area contributed by atoms with E-state index in [1.165, 1.54) is 5.56 Å². The number of benzene rings is 2. The van der Waals surface area contributed by atoms with Crippen molar-refractivity contribution in [3.63, 3.8) is 0 Å². The minimum absolute atomic E-state index is 0.0894. The average Bonchev–Trinajstić information content (AvgIpc) is 2.60. The fourth-order valence-corrected chi connectivity index (χ4v) is 2.26. The van der Waals surface area contributed by atoms with Crippen molar-refractivity contribution in [2.24, 2.45) is 0 Å². The summed E-state index contributed by atoms with van der Waals surface area (Å²) in [4.78, 5) is 23.2. The molecule has 5 nitrogen and oxygen atoms in total. The first kappa shape index (κ1) is 18.5. The Morgan fingerprint density at radius 3 is 2.16 bits per heavy atom. The molecule has 2 rings (SSSR count). The fourth-order valence-electron chi connectivity index (χ4n) is 2.26. The monoisotopic (exact) mass is 341 g/mol. The molecule has 0 saturated heterocycles. The summed E-state index contributed by atoms with van der Waals surface area (Å²) >= 11 is 0. The summed E-state index contributed by atoms with van der Waals surface area (Å²) in [5.74, 6) is -0.525.